The zero-order chi connectivity index (χ0) is 14.6. The van der Waals surface area contributed by atoms with Crippen molar-refractivity contribution in [3.8, 4) is 0 Å². The van der Waals surface area contributed by atoms with Gasteiger partial charge in [-0.15, -0.1) is 0 Å². The molecule has 21 heavy (non-hydrogen) atoms. The fraction of sp³-hybridized carbons (Fsp3) is 0.882. The van der Waals surface area contributed by atoms with Crippen molar-refractivity contribution in [2.75, 3.05) is 0 Å². The molecule has 5 aliphatic rings. The van der Waals surface area contributed by atoms with Crippen LogP contribution in [0.15, 0.2) is 0 Å². The fourth-order valence-electron chi connectivity index (χ4n) is 6.06. The standard InChI is InChI=1S/C17H25NO3/c19-15(20)13-1-2-14(6-13)18-16(21)17-7-10-3-11(8-17)5-12(4-10)9-17/h10-14H,1-9H2,(H,18,21)(H,19,20). The van der Waals surface area contributed by atoms with E-state index in [9.17, 15) is 9.59 Å². The molecular weight excluding hydrogens is 266 g/mol. The van der Waals surface area contributed by atoms with Gasteiger partial charge in [0.15, 0.2) is 0 Å². The van der Waals surface area contributed by atoms with E-state index in [-0.39, 0.29) is 23.3 Å². The number of hydrogen-bond acceptors (Lipinski definition) is 2. The van der Waals surface area contributed by atoms with Crippen LogP contribution in [0.3, 0.4) is 0 Å². The van der Waals surface area contributed by atoms with Crippen LogP contribution in [0.1, 0.15) is 57.8 Å². The van der Waals surface area contributed by atoms with Gasteiger partial charge in [0.25, 0.3) is 0 Å². The van der Waals surface area contributed by atoms with Crippen molar-refractivity contribution in [2.24, 2.45) is 29.1 Å². The molecule has 0 aliphatic heterocycles. The van der Waals surface area contributed by atoms with Gasteiger partial charge in [0.2, 0.25) is 5.91 Å². The minimum absolute atomic E-state index is 0.0894. The van der Waals surface area contributed by atoms with Crippen molar-refractivity contribution in [3.63, 3.8) is 0 Å². The quantitative estimate of drug-likeness (QED) is 0.840. The summed E-state index contributed by atoms with van der Waals surface area (Å²) in [4.78, 5) is 23.9. The maximum atomic E-state index is 12.9. The predicted octanol–water partition coefficient (Wildman–Crippen LogP) is 2.57. The molecule has 5 fully saturated rings. The Kier molecular flexibility index (Phi) is 3.05. The molecule has 0 aromatic heterocycles. The first-order valence-corrected chi connectivity index (χ1v) is 8.58. The molecular formula is C17H25NO3. The molecule has 2 unspecified atom stereocenters. The van der Waals surface area contributed by atoms with Gasteiger partial charge in [-0.1, -0.05) is 0 Å². The lowest BCUT2D eigenvalue weighted by atomic mass is 9.49. The lowest BCUT2D eigenvalue weighted by Gasteiger charge is -2.55. The van der Waals surface area contributed by atoms with Crippen LogP contribution in [0.2, 0.25) is 0 Å². The van der Waals surface area contributed by atoms with E-state index in [2.05, 4.69) is 5.32 Å². The second kappa shape index (κ2) is 4.72. The van der Waals surface area contributed by atoms with Gasteiger partial charge in [-0.2, -0.15) is 0 Å². The molecule has 116 valence electrons. The van der Waals surface area contributed by atoms with Crippen LogP contribution in [0.4, 0.5) is 0 Å². The first-order valence-electron chi connectivity index (χ1n) is 8.58. The molecule has 0 radical (unpaired) electrons. The summed E-state index contributed by atoms with van der Waals surface area (Å²) in [6, 6.07) is 0.0894. The van der Waals surface area contributed by atoms with Gasteiger partial charge in [-0.05, 0) is 75.5 Å². The highest BCUT2D eigenvalue weighted by Crippen LogP contribution is 2.60. The summed E-state index contributed by atoms with van der Waals surface area (Å²) >= 11 is 0. The molecule has 0 aromatic carbocycles. The van der Waals surface area contributed by atoms with Gasteiger partial charge >= 0.3 is 5.97 Å². The number of carbonyl (C=O) groups is 2. The van der Waals surface area contributed by atoms with E-state index in [1.807, 2.05) is 0 Å². The van der Waals surface area contributed by atoms with E-state index in [4.69, 9.17) is 5.11 Å². The molecule has 1 amide bonds. The summed E-state index contributed by atoms with van der Waals surface area (Å²) in [5.74, 6) is 1.61. The van der Waals surface area contributed by atoms with Crippen LogP contribution in [-0.4, -0.2) is 23.0 Å². The third kappa shape index (κ3) is 2.27. The number of carboxylic acid groups (broad SMARTS) is 1. The minimum atomic E-state index is -0.707. The zero-order valence-corrected chi connectivity index (χ0v) is 12.5. The molecule has 0 heterocycles. The Morgan fingerprint density at radius 3 is 1.95 bits per heavy atom. The van der Waals surface area contributed by atoms with Crippen LogP contribution in [-0.2, 0) is 9.59 Å². The highest BCUT2D eigenvalue weighted by molar-refractivity contribution is 5.83. The topological polar surface area (TPSA) is 66.4 Å². The highest BCUT2D eigenvalue weighted by atomic mass is 16.4. The van der Waals surface area contributed by atoms with Gasteiger partial charge in [0.1, 0.15) is 0 Å². The summed E-state index contributed by atoms with van der Waals surface area (Å²) in [7, 11) is 0. The Morgan fingerprint density at radius 1 is 0.905 bits per heavy atom. The molecule has 5 rings (SSSR count). The van der Waals surface area contributed by atoms with E-state index in [1.165, 1.54) is 19.3 Å². The highest BCUT2D eigenvalue weighted by Gasteiger charge is 2.54. The van der Waals surface area contributed by atoms with Gasteiger partial charge < -0.3 is 10.4 Å². The van der Waals surface area contributed by atoms with E-state index in [0.717, 1.165) is 43.4 Å². The average molecular weight is 291 g/mol. The maximum absolute atomic E-state index is 12.9. The Hall–Kier alpha value is -1.06. The Labute approximate surface area is 125 Å². The second-order valence-corrected chi connectivity index (χ2v) is 8.22. The molecule has 5 aliphatic carbocycles. The van der Waals surface area contributed by atoms with Crippen molar-refractivity contribution in [2.45, 2.75) is 63.8 Å². The third-order valence-electron chi connectivity index (χ3n) is 6.64. The van der Waals surface area contributed by atoms with E-state index < -0.39 is 5.97 Å². The molecule has 4 nitrogen and oxygen atoms in total. The minimum Gasteiger partial charge on any atom is -0.481 e. The third-order valence-corrected chi connectivity index (χ3v) is 6.64. The van der Waals surface area contributed by atoms with Crippen LogP contribution in [0, 0.1) is 29.1 Å². The number of rotatable bonds is 3. The van der Waals surface area contributed by atoms with Crippen molar-refractivity contribution in [1.29, 1.82) is 0 Å². The first kappa shape index (κ1) is 13.6. The van der Waals surface area contributed by atoms with Gasteiger partial charge in [0.05, 0.1) is 5.92 Å². The number of amides is 1. The zero-order valence-electron chi connectivity index (χ0n) is 12.5. The number of carbonyl (C=O) groups excluding carboxylic acids is 1. The molecule has 2 atom stereocenters. The normalized spacial score (nSPS) is 47.5. The van der Waals surface area contributed by atoms with Crippen molar-refractivity contribution < 1.29 is 14.7 Å². The van der Waals surface area contributed by atoms with E-state index in [1.54, 1.807) is 0 Å². The van der Waals surface area contributed by atoms with Gasteiger partial charge in [0, 0.05) is 11.5 Å². The van der Waals surface area contributed by atoms with Crippen molar-refractivity contribution in [3.05, 3.63) is 0 Å². The number of aliphatic carboxylic acids is 1. The summed E-state index contributed by atoms with van der Waals surface area (Å²) in [5, 5.41) is 12.3. The largest absolute Gasteiger partial charge is 0.481 e. The summed E-state index contributed by atoms with van der Waals surface area (Å²) in [5.41, 5.74) is -0.101. The van der Waals surface area contributed by atoms with E-state index in [0.29, 0.717) is 12.8 Å². The monoisotopic (exact) mass is 291 g/mol. The Balaban J connectivity index is 1.42. The Morgan fingerprint density at radius 2 is 1.48 bits per heavy atom. The second-order valence-electron chi connectivity index (χ2n) is 8.22. The lowest BCUT2D eigenvalue weighted by molar-refractivity contribution is -0.147. The first-order chi connectivity index (χ1) is 10.0. The van der Waals surface area contributed by atoms with Crippen molar-refractivity contribution in [1.82, 2.24) is 5.32 Å². The van der Waals surface area contributed by atoms with Crippen LogP contribution in [0.5, 0.6) is 0 Å². The summed E-state index contributed by atoms with van der Waals surface area (Å²) in [6.07, 6.45) is 9.44. The summed E-state index contributed by atoms with van der Waals surface area (Å²) < 4.78 is 0. The molecule has 4 heteroatoms. The van der Waals surface area contributed by atoms with Crippen LogP contribution in [0.25, 0.3) is 0 Å². The van der Waals surface area contributed by atoms with Crippen LogP contribution < -0.4 is 5.32 Å². The van der Waals surface area contributed by atoms with Gasteiger partial charge in [-0.25, -0.2) is 0 Å². The van der Waals surface area contributed by atoms with Gasteiger partial charge in [-0.3, -0.25) is 9.59 Å². The number of hydrogen-bond donors (Lipinski definition) is 2. The van der Waals surface area contributed by atoms with E-state index >= 15 is 0 Å². The van der Waals surface area contributed by atoms with Crippen molar-refractivity contribution >= 4 is 11.9 Å². The van der Waals surface area contributed by atoms with Crippen LogP contribution >= 0.6 is 0 Å². The smallest absolute Gasteiger partial charge is 0.306 e. The molecule has 0 aromatic rings. The molecule has 4 bridgehead atoms. The number of nitrogens with one attached hydrogen (secondary N) is 1. The fourth-order valence-corrected chi connectivity index (χ4v) is 6.06. The molecule has 0 saturated heterocycles. The molecule has 2 N–H and O–H groups in total. The maximum Gasteiger partial charge on any atom is 0.306 e. The lowest BCUT2D eigenvalue weighted by Crippen LogP contribution is -2.55. The summed E-state index contributed by atoms with van der Waals surface area (Å²) in [6.45, 7) is 0. The Bertz CT molecular complexity index is 437. The predicted molar refractivity (Wildman–Crippen MR) is 77.5 cm³/mol. The average Bonchev–Trinajstić information content (AvgIpc) is 2.85. The SMILES string of the molecule is O=C(O)C1CCC(NC(=O)C23CC4CC(CC(C4)C2)C3)C1. The molecule has 5 saturated carbocycles. The molecule has 0 spiro atoms. The number of carboxylic acids is 1.